The summed E-state index contributed by atoms with van der Waals surface area (Å²) in [5, 5.41) is 9.63. The quantitative estimate of drug-likeness (QED) is 0.666. The van der Waals surface area contributed by atoms with E-state index in [1.165, 1.54) is 18.4 Å². The Hall–Kier alpha value is -0.840. The second-order valence-corrected chi connectivity index (χ2v) is 11.9. The van der Waals surface area contributed by atoms with Crippen molar-refractivity contribution >= 4 is 30.5 Å². The molecule has 1 aliphatic carbocycles. The van der Waals surface area contributed by atoms with Crippen LogP contribution in [0.15, 0.2) is 6.07 Å². The number of carboxylic acids is 1. The number of nitrogens with zero attached hydrogens (tertiary/aromatic N) is 1. The van der Waals surface area contributed by atoms with E-state index >= 15 is 0 Å². The van der Waals surface area contributed by atoms with Crippen molar-refractivity contribution in [3.05, 3.63) is 15.8 Å². The first-order valence-corrected chi connectivity index (χ1v) is 11.2. The molecular formula is C18H30NO4PS. The minimum Gasteiger partial charge on any atom is -0.477 e. The van der Waals surface area contributed by atoms with Gasteiger partial charge in [-0.05, 0) is 43.1 Å². The molecule has 1 aromatic rings. The van der Waals surface area contributed by atoms with Crippen LogP contribution in [-0.2, 0) is 14.5 Å². The van der Waals surface area contributed by atoms with Crippen LogP contribution in [0.5, 0.6) is 0 Å². The van der Waals surface area contributed by atoms with Crippen molar-refractivity contribution in [2.75, 3.05) is 18.8 Å². The molecule has 5 nitrogen and oxygen atoms in total. The predicted octanol–water partition coefficient (Wildman–Crippen LogP) is 5.60. The van der Waals surface area contributed by atoms with Crippen molar-refractivity contribution in [3.63, 3.8) is 0 Å². The summed E-state index contributed by atoms with van der Waals surface area (Å²) in [7, 11) is 0.0465. The number of hydrogen-bond acceptors (Lipinski definition) is 4. The molecule has 1 fully saturated rings. The smallest absolute Gasteiger partial charge is 0.348 e. The van der Waals surface area contributed by atoms with E-state index in [0.29, 0.717) is 11.6 Å². The molecule has 0 radical (unpaired) electrons. The molecular weight excluding hydrogens is 357 g/mol. The van der Waals surface area contributed by atoms with Crippen LogP contribution in [0, 0.1) is 5.92 Å². The minimum absolute atomic E-state index is 0.0432. The van der Waals surface area contributed by atoms with Crippen molar-refractivity contribution in [3.8, 4) is 0 Å². The zero-order chi connectivity index (χ0) is 19.0. The van der Waals surface area contributed by atoms with Crippen molar-refractivity contribution in [1.29, 1.82) is 0 Å². The molecule has 25 heavy (non-hydrogen) atoms. The van der Waals surface area contributed by atoms with Crippen LogP contribution in [0.25, 0.3) is 0 Å². The van der Waals surface area contributed by atoms with Gasteiger partial charge in [0.15, 0.2) is 0 Å². The predicted molar refractivity (Wildman–Crippen MR) is 104 cm³/mol. The molecule has 1 saturated carbocycles. The minimum atomic E-state index is -3.14. The van der Waals surface area contributed by atoms with Gasteiger partial charge < -0.3 is 14.3 Å². The average Bonchev–Trinajstić information content (AvgIpc) is 2.99. The van der Waals surface area contributed by atoms with Gasteiger partial charge in [-0.2, -0.15) is 0 Å². The Balaban J connectivity index is 2.43. The highest BCUT2D eigenvalue weighted by molar-refractivity contribution is 7.61. The zero-order valence-corrected chi connectivity index (χ0v) is 17.7. The lowest BCUT2D eigenvalue weighted by Crippen LogP contribution is -2.28. The van der Waals surface area contributed by atoms with Crippen molar-refractivity contribution in [2.45, 2.75) is 64.5 Å². The maximum Gasteiger partial charge on any atom is 0.348 e. The molecule has 0 aromatic carbocycles. The molecule has 142 valence electrons. The van der Waals surface area contributed by atoms with Crippen LogP contribution >= 0.6 is 18.9 Å². The number of rotatable bonds is 5. The Morgan fingerprint density at radius 1 is 1.32 bits per heavy atom. The zero-order valence-electron chi connectivity index (χ0n) is 16.0. The standard InChI is InChI=1S/C18H30NO4PS/c1-12-7-9-13(10-8-12)24(22,23-6)19(5)14-11-15(18(2,3)4)25-16(14)17(20)21/h11-13H,7-10H2,1-6H3,(H,20,21). The van der Waals surface area contributed by atoms with Gasteiger partial charge in [-0.15, -0.1) is 11.3 Å². The molecule has 0 saturated heterocycles. The average molecular weight is 387 g/mol. The third-order valence-corrected chi connectivity index (χ3v) is 9.67. The van der Waals surface area contributed by atoms with E-state index in [-0.39, 0.29) is 16.0 Å². The van der Waals surface area contributed by atoms with Gasteiger partial charge in [-0.25, -0.2) is 4.79 Å². The van der Waals surface area contributed by atoms with E-state index in [1.54, 1.807) is 11.7 Å². The maximum atomic E-state index is 13.7. The van der Waals surface area contributed by atoms with Gasteiger partial charge in [-0.1, -0.05) is 27.7 Å². The Bertz CT molecular complexity index is 671. The van der Waals surface area contributed by atoms with Crippen LogP contribution in [0.2, 0.25) is 0 Å². The normalized spacial score (nSPS) is 23.9. The number of aromatic carboxylic acids is 1. The lowest BCUT2D eigenvalue weighted by Gasteiger charge is -2.37. The highest BCUT2D eigenvalue weighted by Gasteiger charge is 2.41. The Labute approximate surface area is 154 Å². The van der Waals surface area contributed by atoms with Gasteiger partial charge in [0.25, 0.3) is 7.52 Å². The first-order chi connectivity index (χ1) is 11.5. The Morgan fingerprint density at radius 2 is 1.88 bits per heavy atom. The van der Waals surface area contributed by atoms with Gasteiger partial charge in [0, 0.05) is 19.0 Å². The van der Waals surface area contributed by atoms with Crippen LogP contribution in [0.1, 0.15) is 67.9 Å². The number of thiophene rings is 1. The second kappa shape index (κ2) is 7.42. The topological polar surface area (TPSA) is 66.8 Å². The van der Waals surface area contributed by atoms with Crippen LogP contribution in [0.4, 0.5) is 5.69 Å². The SMILES string of the molecule is COP(=O)(C1CCC(C)CC1)N(C)c1cc(C(C)(C)C)sc1C(=O)O. The van der Waals surface area contributed by atoms with Crippen LogP contribution in [0.3, 0.4) is 0 Å². The van der Waals surface area contributed by atoms with Crippen LogP contribution < -0.4 is 4.67 Å². The fourth-order valence-electron chi connectivity index (χ4n) is 3.38. The van der Waals surface area contributed by atoms with Crippen molar-refractivity contribution in [1.82, 2.24) is 0 Å². The molecule has 1 aromatic heterocycles. The fraction of sp³-hybridized carbons (Fsp3) is 0.722. The summed E-state index contributed by atoms with van der Waals surface area (Å²) in [6, 6.07) is 1.87. The van der Waals surface area contributed by atoms with Gasteiger partial charge in [0.2, 0.25) is 0 Å². The molecule has 1 atom stereocenters. The highest BCUT2D eigenvalue weighted by Crippen LogP contribution is 2.61. The summed E-state index contributed by atoms with van der Waals surface area (Å²) < 4.78 is 20.9. The van der Waals surface area contributed by atoms with E-state index in [9.17, 15) is 14.5 Å². The lowest BCUT2D eigenvalue weighted by molar-refractivity contribution is 0.0703. The third-order valence-electron chi connectivity index (χ3n) is 5.12. The molecule has 0 spiro atoms. The van der Waals surface area contributed by atoms with E-state index in [2.05, 4.69) is 6.92 Å². The molecule has 1 unspecified atom stereocenters. The van der Waals surface area contributed by atoms with Crippen LogP contribution in [-0.4, -0.2) is 30.9 Å². The molecule has 0 amide bonds. The molecule has 1 heterocycles. The summed E-state index contributed by atoms with van der Waals surface area (Å²) in [5.74, 6) is -0.336. The van der Waals surface area contributed by atoms with Gasteiger partial charge in [-0.3, -0.25) is 4.57 Å². The van der Waals surface area contributed by atoms with Gasteiger partial charge >= 0.3 is 5.97 Å². The maximum absolute atomic E-state index is 13.7. The Morgan fingerprint density at radius 3 is 2.32 bits per heavy atom. The molecule has 2 rings (SSSR count). The van der Waals surface area contributed by atoms with Crippen molar-refractivity contribution < 1.29 is 19.0 Å². The van der Waals surface area contributed by atoms with Crippen molar-refractivity contribution in [2.24, 2.45) is 5.92 Å². The summed E-state index contributed by atoms with van der Waals surface area (Å²) >= 11 is 1.26. The summed E-state index contributed by atoms with van der Waals surface area (Å²) in [5.41, 5.74) is 0.301. The van der Waals surface area contributed by atoms with Gasteiger partial charge in [0.1, 0.15) is 4.88 Å². The number of carbonyl (C=O) groups is 1. The second-order valence-electron chi connectivity index (χ2n) is 8.06. The molecule has 1 N–H and O–H groups in total. The summed E-state index contributed by atoms with van der Waals surface area (Å²) in [4.78, 5) is 12.9. The lowest BCUT2D eigenvalue weighted by atomic mass is 9.91. The summed E-state index contributed by atoms with van der Waals surface area (Å²) in [6.07, 6.45) is 3.79. The largest absolute Gasteiger partial charge is 0.477 e. The molecule has 1 aliphatic rings. The summed E-state index contributed by atoms with van der Waals surface area (Å²) in [6.45, 7) is 8.36. The molecule has 0 aliphatic heterocycles. The number of carboxylic acid groups (broad SMARTS) is 1. The monoisotopic (exact) mass is 387 g/mol. The first kappa shape index (κ1) is 20.5. The van der Waals surface area contributed by atoms with E-state index in [4.69, 9.17) is 4.52 Å². The van der Waals surface area contributed by atoms with Gasteiger partial charge in [0.05, 0.1) is 11.3 Å². The van der Waals surface area contributed by atoms with E-state index in [0.717, 1.165) is 30.6 Å². The Kier molecular flexibility index (Phi) is 6.07. The molecule has 0 bridgehead atoms. The third kappa shape index (κ3) is 4.12. The van der Waals surface area contributed by atoms with E-state index < -0.39 is 13.5 Å². The number of hydrogen-bond donors (Lipinski definition) is 1. The fourth-order valence-corrected chi connectivity index (χ4v) is 6.97. The van der Waals surface area contributed by atoms with E-state index in [1.807, 2.05) is 26.8 Å². The highest BCUT2D eigenvalue weighted by atomic mass is 32.1. The molecule has 7 heteroatoms. The first-order valence-electron chi connectivity index (χ1n) is 8.78. The number of anilines is 1.